The van der Waals surface area contributed by atoms with E-state index >= 15 is 0 Å². The number of benzene rings is 2. The van der Waals surface area contributed by atoms with Gasteiger partial charge in [-0.3, -0.25) is 0 Å². The summed E-state index contributed by atoms with van der Waals surface area (Å²) < 4.78 is 21.7. The first-order chi connectivity index (χ1) is 14.2. The maximum absolute atomic E-state index is 5.61. The van der Waals surface area contributed by atoms with E-state index in [-0.39, 0.29) is 0 Å². The first-order valence-electron chi connectivity index (χ1n) is 9.88. The van der Waals surface area contributed by atoms with Gasteiger partial charge in [0.05, 0.1) is 26.2 Å². The Balaban J connectivity index is 1.09. The fourth-order valence-corrected chi connectivity index (χ4v) is 4.14. The molecule has 2 aromatic carbocycles. The molecule has 1 saturated heterocycles. The number of thiocarbonyl (C=S) groups is 1. The Kier molecular flexibility index (Phi) is 5.03. The van der Waals surface area contributed by atoms with Gasteiger partial charge in [-0.2, -0.15) is 0 Å². The molecule has 0 radical (unpaired) electrons. The van der Waals surface area contributed by atoms with Gasteiger partial charge in [-0.15, -0.1) is 0 Å². The van der Waals surface area contributed by atoms with E-state index in [4.69, 9.17) is 31.2 Å². The van der Waals surface area contributed by atoms with Crippen LogP contribution in [0.5, 0.6) is 23.0 Å². The zero-order chi connectivity index (χ0) is 19.6. The summed E-state index contributed by atoms with van der Waals surface area (Å²) in [6.45, 7) is 6.30. The van der Waals surface area contributed by atoms with E-state index in [1.54, 1.807) is 4.90 Å². The summed E-state index contributed by atoms with van der Waals surface area (Å²) in [5.74, 6) is 3.30. The summed E-state index contributed by atoms with van der Waals surface area (Å²) in [5.41, 5.74) is 2.41. The average Bonchev–Trinajstić information content (AvgIpc) is 3.41. The molecule has 3 heterocycles. The van der Waals surface area contributed by atoms with Crippen molar-refractivity contribution in [1.82, 2.24) is 10.2 Å². The normalized spacial score (nSPS) is 17.4. The van der Waals surface area contributed by atoms with Crippen molar-refractivity contribution in [2.24, 2.45) is 0 Å². The molecule has 0 unspecified atom stereocenters. The number of hydrogen-bond acceptors (Lipinski definition) is 5. The molecule has 7 nitrogen and oxygen atoms in total. The van der Waals surface area contributed by atoms with Gasteiger partial charge in [0.15, 0.2) is 28.1 Å². The van der Waals surface area contributed by atoms with E-state index in [9.17, 15) is 0 Å². The van der Waals surface area contributed by atoms with Crippen LogP contribution in [0.15, 0.2) is 36.4 Å². The van der Waals surface area contributed by atoms with Crippen LogP contribution in [0.2, 0.25) is 0 Å². The topological polar surface area (TPSA) is 56.6 Å². The number of fused-ring (bicyclic) bond motifs is 2. The SMILES string of the molecule is S=C(NCc1ccc2c(c1)OCO2)N1CC[NH+](Cc2ccc3c(c2)OCO3)CC1. The molecule has 2 aromatic rings. The third kappa shape index (κ3) is 4.04. The highest BCUT2D eigenvalue weighted by Gasteiger charge is 2.23. The molecular weight excluding hydrogens is 390 g/mol. The fourth-order valence-electron chi connectivity index (χ4n) is 3.88. The monoisotopic (exact) mass is 414 g/mol. The second-order valence-corrected chi connectivity index (χ2v) is 7.83. The van der Waals surface area contributed by atoms with E-state index in [1.165, 1.54) is 5.56 Å². The second-order valence-electron chi connectivity index (χ2n) is 7.45. The van der Waals surface area contributed by atoms with Gasteiger partial charge in [0.2, 0.25) is 13.6 Å². The molecule has 2 N–H and O–H groups in total. The lowest BCUT2D eigenvalue weighted by Gasteiger charge is -2.34. The molecule has 5 rings (SSSR count). The molecule has 0 saturated carbocycles. The van der Waals surface area contributed by atoms with Crippen molar-refractivity contribution >= 4 is 17.3 Å². The van der Waals surface area contributed by atoms with Crippen LogP contribution >= 0.6 is 12.2 Å². The molecular formula is C21H24N3O4S+. The predicted octanol–water partition coefficient (Wildman–Crippen LogP) is 0.919. The Hall–Kier alpha value is -2.71. The second kappa shape index (κ2) is 7.96. The molecule has 29 heavy (non-hydrogen) atoms. The summed E-state index contributed by atoms with van der Waals surface area (Å²) in [6.07, 6.45) is 0. The zero-order valence-electron chi connectivity index (χ0n) is 16.1. The first kappa shape index (κ1) is 18.3. The molecule has 8 heteroatoms. The molecule has 3 aliphatic rings. The van der Waals surface area contributed by atoms with E-state index < -0.39 is 0 Å². The van der Waals surface area contributed by atoms with Crippen molar-refractivity contribution in [2.75, 3.05) is 39.8 Å². The van der Waals surface area contributed by atoms with Crippen LogP contribution in [0, 0.1) is 0 Å². The number of nitrogens with one attached hydrogen (secondary N) is 2. The van der Waals surface area contributed by atoms with Gasteiger partial charge in [0.1, 0.15) is 6.54 Å². The van der Waals surface area contributed by atoms with Crippen molar-refractivity contribution in [3.63, 3.8) is 0 Å². The molecule has 3 aliphatic heterocycles. The Morgan fingerprint density at radius 3 is 2.14 bits per heavy atom. The van der Waals surface area contributed by atoms with Crippen molar-refractivity contribution < 1.29 is 23.8 Å². The van der Waals surface area contributed by atoms with Crippen molar-refractivity contribution in [1.29, 1.82) is 0 Å². The molecule has 0 aliphatic carbocycles. The summed E-state index contributed by atoms with van der Waals surface area (Å²) in [5, 5.41) is 4.18. The van der Waals surface area contributed by atoms with E-state index in [0.29, 0.717) is 20.1 Å². The highest BCUT2D eigenvalue weighted by atomic mass is 32.1. The van der Waals surface area contributed by atoms with Crippen molar-refractivity contribution in [3.05, 3.63) is 47.5 Å². The zero-order valence-corrected chi connectivity index (χ0v) is 16.9. The third-order valence-electron chi connectivity index (χ3n) is 5.53. The number of piperazine rings is 1. The Labute approximate surface area is 175 Å². The largest absolute Gasteiger partial charge is 0.454 e. The number of ether oxygens (including phenoxy) is 4. The van der Waals surface area contributed by atoms with Crippen LogP contribution < -0.4 is 29.2 Å². The van der Waals surface area contributed by atoms with Crippen LogP contribution in [-0.4, -0.2) is 49.8 Å². The first-order valence-corrected chi connectivity index (χ1v) is 10.3. The Bertz CT molecular complexity index is 915. The van der Waals surface area contributed by atoms with Crippen LogP contribution in [0.3, 0.4) is 0 Å². The summed E-state index contributed by atoms with van der Waals surface area (Å²) in [7, 11) is 0. The fraction of sp³-hybridized carbons (Fsp3) is 0.381. The van der Waals surface area contributed by atoms with Gasteiger partial charge in [-0.1, -0.05) is 6.07 Å². The van der Waals surface area contributed by atoms with Crippen LogP contribution in [0.25, 0.3) is 0 Å². The highest BCUT2D eigenvalue weighted by molar-refractivity contribution is 7.80. The number of rotatable bonds is 4. The van der Waals surface area contributed by atoms with Gasteiger partial charge in [0.25, 0.3) is 0 Å². The standard InChI is InChI=1S/C21H23N3O4S/c29-21(22-11-15-1-3-17-19(9-15)27-13-25-17)24-7-5-23(6-8-24)12-16-2-4-18-20(10-16)28-14-26-18/h1-4,9-10H,5-8,11-14H2,(H,22,29)/p+1. The maximum atomic E-state index is 5.61. The Morgan fingerprint density at radius 1 is 0.862 bits per heavy atom. The lowest BCUT2D eigenvalue weighted by molar-refractivity contribution is -0.917. The number of hydrogen-bond donors (Lipinski definition) is 2. The molecule has 0 atom stereocenters. The number of nitrogens with zero attached hydrogens (tertiary/aromatic N) is 1. The van der Waals surface area contributed by atoms with Gasteiger partial charge in [-0.05, 0) is 48.1 Å². The van der Waals surface area contributed by atoms with Crippen LogP contribution in [0.4, 0.5) is 0 Å². The van der Waals surface area contributed by atoms with Gasteiger partial charge in [-0.25, -0.2) is 0 Å². The molecule has 0 aromatic heterocycles. The van der Waals surface area contributed by atoms with Crippen molar-refractivity contribution in [2.45, 2.75) is 13.1 Å². The minimum absolute atomic E-state index is 0.295. The lowest BCUT2D eigenvalue weighted by atomic mass is 10.1. The maximum Gasteiger partial charge on any atom is 0.231 e. The van der Waals surface area contributed by atoms with E-state index in [0.717, 1.165) is 66.4 Å². The van der Waals surface area contributed by atoms with Gasteiger partial charge >= 0.3 is 0 Å². The van der Waals surface area contributed by atoms with E-state index in [1.807, 2.05) is 24.3 Å². The molecule has 152 valence electrons. The molecule has 0 bridgehead atoms. The summed E-state index contributed by atoms with van der Waals surface area (Å²) in [4.78, 5) is 3.81. The lowest BCUT2D eigenvalue weighted by Crippen LogP contribution is -3.13. The summed E-state index contributed by atoms with van der Waals surface area (Å²) >= 11 is 5.61. The van der Waals surface area contributed by atoms with E-state index in [2.05, 4.69) is 22.3 Å². The minimum atomic E-state index is 0.295. The van der Waals surface area contributed by atoms with Crippen LogP contribution in [-0.2, 0) is 13.1 Å². The molecule has 1 fully saturated rings. The van der Waals surface area contributed by atoms with Gasteiger partial charge in [0, 0.05) is 12.1 Å². The van der Waals surface area contributed by atoms with Crippen molar-refractivity contribution in [3.8, 4) is 23.0 Å². The third-order valence-corrected chi connectivity index (χ3v) is 5.93. The quantitative estimate of drug-likeness (QED) is 0.722. The van der Waals surface area contributed by atoms with Crippen LogP contribution in [0.1, 0.15) is 11.1 Å². The minimum Gasteiger partial charge on any atom is -0.454 e. The smallest absolute Gasteiger partial charge is 0.231 e. The van der Waals surface area contributed by atoms with Gasteiger partial charge < -0.3 is 34.1 Å². The highest BCUT2D eigenvalue weighted by Crippen LogP contribution is 2.33. The molecule has 0 spiro atoms. The number of quaternary nitrogens is 1. The predicted molar refractivity (Wildman–Crippen MR) is 111 cm³/mol. The molecule has 0 amide bonds. The average molecular weight is 415 g/mol. The summed E-state index contributed by atoms with van der Waals surface area (Å²) in [6, 6.07) is 12.2. The Morgan fingerprint density at radius 2 is 1.45 bits per heavy atom.